The molecule has 0 radical (unpaired) electrons. The quantitative estimate of drug-likeness (QED) is 0.578. The number of hydrogen-bond donors (Lipinski definition) is 1. The summed E-state index contributed by atoms with van der Waals surface area (Å²) in [7, 11) is 0. The Balaban J connectivity index is 1.52. The van der Waals surface area contributed by atoms with Crippen molar-refractivity contribution in [1.82, 2.24) is 0 Å². The highest BCUT2D eigenvalue weighted by atomic mass is 16.6. The van der Waals surface area contributed by atoms with Gasteiger partial charge in [0.15, 0.2) is 0 Å². The Kier molecular flexibility index (Phi) is 2.92. The van der Waals surface area contributed by atoms with E-state index in [0.29, 0.717) is 6.04 Å². The second-order valence-corrected chi connectivity index (χ2v) is 5.34. The molecule has 0 spiro atoms. The van der Waals surface area contributed by atoms with E-state index < -0.39 is 0 Å². The average Bonchev–Trinajstić information content (AvgIpc) is 2.94. The maximum Gasteiger partial charge on any atom is 0.312 e. The number of nitrogens with two attached hydrogens (primary N) is 1. The van der Waals surface area contributed by atoms with Crippen LogP contribution >= 0.6 is 0 Å². The fourth-order valence-electron chi connectivity index (χ4n) is 2.96. The van der Waals surface area contributed by atoms with Crippen LogP contribution in [0.1, 0.15) is 32.1 Å². The molecule has 2 fully saturated rings. The molecule has 1 saturated heterocycles. The van der Waals surface area contributed by atoms with E-state index >= 15 is 0 Å². The number of fused-ring (bicyclic) bond motifs is 2. The van der Waals surface area contributed by atoms with Crippen molar-refractivity contribution in [2.24, 2.45) is 11.7 Å². The highest BCUT2D eigenvalue weighted by Gasteiger charge is 2.42. The summed E-state index contributed by atoms with van der Waals surface area (Å²) in [5.74, 6) is -0.164. The van der Waals surface area contributed by atoms with Crippen LogP contribution in [0, 0.1) is 5.92 Å². The van der Waals surface area contributed by atoms with Crippen LogP contribution in [0.5, 0.6) is 0 Å². The average molecular weight is 237 g/mol. The third-order valence-electron chi connectivity index (χ3n) is 4.03. The Bertz CT molecular complexity index is 334. The van der Waals surface area contributed by atoms with Gasteiger partial charge in [-0.2, -0.15) is 0 Å². The van der Waals surface area contributed by atoms with E-state index in [0.717, 1.165) is 32.1 Å². The molecule has 2 heterocycles. The third-order valence-corrected chi connectivity index (χ3v) is 4.03. The lowest BCUT2D eigenvalue weighted by atomic mass is 9.92. The van der Waals surface area contributed by atoms with Gasteiger partial charge in [-0.05, 0) is 32.1 Å². The summed E-state index contributed by atoms with van der Waals surface area (Å²) in [4.78, 5) is 12.0. The van der Waals surface area contributed by atoms with E-state index in [-0.39, 0.29) is 30.2 Å². The minimum atomic E-state index is -0.0828. The predicted octanol–water partition coefficient (Wildman–Crippen LogP) is 1.14. The molecule has 1 aliphatic carbocycles. The monoisotopic (exact) mass is 237 g/mol. The second-order valence-electron chi connectivity index (χ2n) is 5.34. The van der Waals surface area contributed by atoms with E-state index in [1.165, 1.54) is 0 Å². The van der Waals surface area contributed by atoms with Crippen LogP contribution in [0.2, 0.25) is 0 Å². The van der Waals surface area contributed by atoms with Crippen molar-refractivity contribution in [3.8, 4) is 0 Å². The molecular formula is C13H19NO3. The number of ether oxygens (including phenoxy) is 2. The largest absolute Gasteiger partial charge is 0.462 e. The van der Waals surface area contributed by atoms with Crippen molar-refractivity contribution in [3.05, 3.63) is 12.2 Å². The van der Waals surface area contributed by atoms with E-state index in [9.17, 15) is 4.79 Å². The normalized spacial score (nSPS) is 43.9. The van der Waals surface area contributed by atoms with Gasteiger partial charge in [0.25, 0.3) is 0 Å². The number of hydrogen-bond acceptors (Lipinski definition) is 4. The molecule has 2 N–H and O–H groups in total. The lowest BCUT2D eigenvalue weighted by molar-refractivity contribution is -0.156. The minimum absolute atomic E-state index is 0.0432. The predicted molar refractivity (Wildman–Crippen MR) is 62.2 cm³/mol. The van der Waals surface area contributed by atoms with Crippen LogP contribution in [-0.2, 0) is 14.3 Å². The molecular weight excluding hydrogens is 218 g/mol. The summed E-state index contributed by atoms with van der Waals surface area (Å²) in [6.45, 7) is 0. The highest BCUT2D eigenvalue weighted by molar-refractivity contribution is 5.74. The summed E-state index contributed by atoms with van der Waals surface area (Å²) in [6, 6.07) is 0.290. The summed E-state index contributed by atoms with van der Waals surface area (Å²) in [5.41, 5.74) is 5.83. The van der Waals surface area contributed by atoms with Crippen molar-refractivity contribution in [2.75, 3.05) is 0 Å². The zero-order valence-corrected chi connectivity index (χ0v) is 9.88. The van der Waals surface area contributed by atoms with E-state index in [2.05, 4.69) is 0 Å². The zero-order chi connectivity index (χ0) is 11.8. The van der Waals surface area contributed by atoms with E-state index in [4.69, 9.17) is 15.2 Å². The molecule has 0 aromatic heterocycles. The molecule has 4 heteroatoms. The topological polar surface area (TPSA) is 61.5 Å². The van der Waals surface area contributed by atoms with Gasteiger partial charge < -0.3 is 15.2 Å². The number of esters is 1. The summed E-state index contributed by atoms with van der Waals surface area (Å²) in [6.07, 6.45) is 8.71. The molecule has 3 atom stereocenters. The first-order valence-electron chi connectivity index (χ1n) is 6.52. The van der Waals surface area contributed by atoms with Crippen LogP contribution in [-0.4, -0.2) is 30.3 Å². The Labute approximate surface area is 101 Å². The van der Waals surface area contributed by atoms with Crippen molar-refractivity contribution >= 4 is 5.97 Å². The zero-order valence-electron chi connectivity index (χ0n) is 9.88. The fourth-order valence-corrected chi connectivity index (χ4v) is 2.96. The van der Waals surface area contributed by atoms with Gasteiger partial charge in [-0.25, -0.2) is 0 Å². The molecule has 4 nitrogen and oxygen atoms in total. The molecule has 0 aromatic rings. The molecule has 94 valence electrons. The van der Waals surface area contributed by atoms with Crippen molar-refractivity contribution in [1.29, 1.82) is 0 Å². The van der Waals surface area contributed by atoms with Crippen LogP contribution in [0.3, 0.4) is 0 Å². The molecule has 3 rings (SSSR count). The van der Waals surface area contributed by atoms with Gasteiger partial charge in [0, 0.05) is 6.04 Å². The van der Waals surface area contributed by atoms with Crippen LogP contribution < -0.4 is 5.73 Å². The first-order chi connectivity index (χ1) is 8.22. The number of carbonyl (C=O) groups is 1. The smallest absolute Gasteiger partial charge is 0.312 e. The van der Waals surface area contributed by atoms with Crippen LogP contribution in [0.15, 0.2) is 12.2 Å². The van der Waals surface area contributed by atoms with Gasteiger partial charge in [-0.3, -0.25) is 4.79 Å². The summed E-state index contributed by atoms with van der Waals surface area (Å²) in [5, 5.41) is 0. The Morgan fingerprint density at radius 3 is 2.59 bits per heavy atom. The molecule has 2 aliphatic heterocycles. The molecule has 3 unspecified atom stereocenters. The lowest BCUT2D eigenvalue weighted by Crippen LogP contribution is -2.34. The maximum absolute atomic E-state index is 12.0. The summed E-state index contributed by atoms with van der Waals surface area (Å²) < 4.78 is 11.1. The molecule has 3 aliphatic rings. The Morgan fingerprint density at radius 2 is 2.00 bits per heavy atom. The first-order valence-corrected chi connectivity index (χ1v) is 6.52. The second kappa shape index (κ2) is 4.42. The standard InChI is InChI=1S/C13H19NO3/c14-8-1-3-9(4-2-8)17-13(15)11-7-10-5-6-12(11)16-10/h5-6,8-12H,1-4,7,14H2. The van der Waals surface area contributed by atoms with Gasteiger partial charge in [0.2, 0.25) is 0 Å². The first kappa shape index (κ1) is 11.2. The molecule has 0 aromatic carbocycles. The molecule has 17 heavy (non-hydrogen) atoms. The SMILES string of the molecule is NC1CCC(OC(=O)C2CC3C=CC2O3)CC1. The highest BCUT2D eigenvalue weighted by Crippen LogP contribution is 2.35. The van der Waals surface area contributed by atoms with Crippen molar-refractivity contribution in [2.45, 2.75) is 56.5 Å². The minimum Gasteiger partial charge on any atom is -0.462 e. The molecule has 0 amide bonds. The van der Waals surface area contributed by atoms with Crippen LogP contribution in [0.4, 0.5) is 0 Å². The van der Waals surface area contributed by atoms with Crippen LogP contribution in [0.25, 0.3) is 0 Å². The maximum atomic E-state index is 12.0. The van der Waals surface area contributed by atoms with Gasteiger partial charge in [0.05, 0.1) is 18.1 Å². The molecule has 1 saturated carbocycles. The number of rotatable bonds is 2. The van der Waals surface area contributed by atoms with Crippen molar-refractivity contribution in [3.63, 3.8) is 0 Å². The van der Waals surface area contributed by atoms with Gasteiger partial charge in [0.1, 0.15) is 6.10 Å². The van der Waals surface area contributed by atoms with Gasteiger partial charge >= 0.3 is 5.97 Å². The Hall–Kier alpha value is -0.870. The Morgan fingerprint density at radius 1 is 1.24 bits per heavy atom. The third kappa shape index (κ3) is 2.24. The lowest BCUT2D eigenvalue weighted by Gasteiger charge is -2.27. The van der Waals surface area contributed by atoms with Crippen molar-refractivity contribution < 1.29 is 14.3 Å². The number of carbonyl (C=O) groups excluding carboxylic acids is 1. The van der Waals surface area contributed by atoms with E-state index in [1.807, 2.05) is 12.2 Å². The van der Waals surface area contributed by atoms with Gasteiger partial charge in [-0.1, -0.05) is 12.2 Å². The van der Waals surface area contributed by atoms with Gasteiger partial charge in [-0.15, -0.1) is 0 Å². The molecule has 2 bridgehead atoms. The van der Waals surface area contributed by atoms with E-state index in [1.54, 1.807) is 0 Å². The summed E-state index contributed by atoms with van der Waals surface area (Å²) >= 11 is 0. The fraction of sp³-hybridized carbons (Fsp3) is 0.769.